The highest BCUT2D eigenvalue weighted by Gasteiger charge is 2.27. The van der Waals surface area contributed by atoms with Crippen molar-refractivity contribution < 1.29 is 13.7 Å². The predicted octanol–water partition coefficient (Wildman–Crippen LogP) is 3.55. The fourth-order valence-electron chi connectivity index (χ4n) is 3.35. The second-order valence-electron chi connectivity index (χ2n) is 6.45. The highest BCUT2D eigenvalue weighted by Crippen LogP contribution is 2.35. The topological polar surface area (TPSA) is 81.2 Å². The van der Waals surface area contributed by atoms with Gasteiger partial charge >= 0.3 is 0 Å². The predicted molar refractivity (Wildman–Crippen MR) is 103 cm³/mol. The summed E-state index contributed by atoms with van der Waals surface area (Å²) in [6.45, 7) is 0. The van der Waals surface area contributed by atoms with Crippen LogP contribution in [-0.4, -0.2) is 33.1 Å². The molecule has 2 atom stereocenters. The maximum atomic E-state index is 12.9. The van der Waals surface area contributed by atoms with Gasteiger partial charge in [0.1, 0.15) is 11.0 Å². The van der Waals surface area contributed by atoms with Crippen molar-refractivity contribution in [1.29, 1.82) is 0 Å². The van der Waals surface area contributed by atoms with E-state index in [4.69, 9.17) is 4.74 Å². The number of anilines is 1. The monoisotopic (exact) mass is 393 g/mol. The first-order valence-electron chi connectivity index (χ1n) is 8.71. The molecule has 0 bridgehead atoms. The molecule has 1 aliphatic carbocycles. The van der Waals surface area contributed by atoms with Crippen LogP contribution in [0.2, 0.25) is 0 Å². The average molecular weight is 394 g/mol. The van der Waals surface area contributed by atoms with Gasteiger partial charge in [-0.1, -0.05) is 31.7 Å². The second-order valence-corrected chi connectivity index (χ2v) is 8.69. The van der Waals surface area contributed by atoms with Crippen LogP contribution in [0.3, 0.4) is 0 Å². The Morgan fingerprint density at radius 3 is 2.81 bits per heavy atom. The molecule has 1 fully saturated rings. The lowest BCUT2D eigenvalue weighted by molar-refractivity contribution is -0.118. The van der Waals surface area contributed by atoms with Crippen molar-refractivity contribution in [2.24, 2.45) is 5.92 Å². The van der Waals surface area contributed by atoms with Crippen molar-refractivity contribution in [3.8, 4) is 0 Å². The smallest absolute Gasteiger partial charge is 0.233 e. The lowest BCUT2D eigenvalue weighted by atomic mass is 9.88. The first-order chi connectivity index (χ1) is 12.7. The summed E-state index contributed by atoms with van der Waals surface area (Å²) in [5.41, 5.74) is 0.851. The molecule has 1 amide bonds. The van der Waals surface area contributed by atoms with Crippen LogP contribution in [0.15, 0.2) is 34.9 Å². The van der Waals surface area contributed by atoms with Gasteiger partial charge in [-0.05, 0) is 24.0 Å². The van der Waals surface area contributed by atoms with Crippen molar-refractivity contribution in [1.82, 2.24) is 9.97 Å². The van der Waals surface area contributed by atoms with E-state index < -0.39 is 10.8 Å². The Balaban J connectivity index is 1.77. The van der Waals surface area contributed by atoms with Gasteiger partial charge < -0.3 is 10.1 Å². The molecule has 1 N–H and O–H groups in total. The highest BCUT2D eigenvalue weighted by atomic mass is 32.2. The summed E-state index contributed by atoms with van der Waals surface area (Å²) in [7, 11) is 0.219. The third-order valence-electron chi connectivity index (χ3n) is 4.64. The molecular formula is C18H23N3O3S2. The molecule has 1 aliphatic rings. The van der Waals surface area contributed by atoms with Crippen LogP contribution >= 0.6 is 11.3 Å². The maximum absolute atomic E-state index is 12.9. The van der Waals surface area contributed by atoms with Gasteiger partial charge in [0, 0.05) is 24.9 Å². The number of pyridine rings is 1. The Hall–Kier alpha value is -1.64. The summed E-state index contributed by atoms with van der Waals surface area (Å²) in [5, 5.41) is 5.83. The quantitative estimate of drug-likeness (QED) is 0.742. The van der Waals surface area contributed by atoms with Crippen LogP contribution in [0.4, 0.5) is 5.13 Å². The highest BCUT2D eigenvalue weighted by molar-refractivity contribution is 7.84. The molecule has 2 unspecified atom stereocenters. The maximum Gasteiger partial charge on any atom is 0.233 e. The van der Waals surface area contributed by atoms with Crippen LogP contribution < -0.4 is 5.32 Å². The summed E-state index contributed by atoms with van der Waals surface area (Å²) < 4.78 is 16.9. The molecule has 2 heterocycles. The standard InChI is InChI=1S/C18H23N3O3S2/c1-24-12-26(23)16-7-6-14(11-20-16)15(10-13-4-2-3-5-13)17(22)21-18-19-8-9-25-18/h6-9,11,13,15H,2-5,10,12H2,1H3,(H,19,21,22). The zero-order chi connectivity index (χ0) is 18.4. The van der Waals surface area contributed by atoms with Crippen molar-refractivity contribution in [3.05, 3.63) is 35.5 Å². The number of carbonyl (C=O) groups excluding carboxylic acids is 1. The van der Waals surface area contributed by atoms with Crippen molar-refractivity contribution >= 4 is 33.2 Å². The Bertz CT molecular complexity index is 729. The van der Waals surface area contributed by atoms with E-state index in [1.165, 1.54) is 44.1 Å². The Kier molecular flexibility index (Phi) is 6.87. The van der Waals surface area contributed by atoms with Crippen molar-refractivity contribution in [2.45, 2.75) is 43.0 Å². The van der Waals surface area contributed by atoms with E-state index in [1.54, 1.807) is 18.5 Å². The van der Waals surface area contributed by atoms with Gasteiger partial charge in [-0.2, -0.15) is 0 Å². The van der Waals surface area contributed by atoms with Gasteiger partial charge in [0.15, 0.2) is 5.13 Å². The number of nitrogens with one attached hydrogen (secondary N) is 1. The number of carbonyl (C=O) groups is 1. The number of nitrogens with zero attached hydrogens (tertiary/aromatic N) is 2. The van der Waals surface area contributed by atoms with E-state index in [1.807, 2.05) is 11.4 Å². The largest absolute Gasteiger partial charge is 0.371 e. The number of thiazole rings is 1. The Morgan fingerprint density at radius 2 is 2.19 bits per heavy atom. The van der Waals surface area contributed by atoms with Gasteiger partial charge in [0.05, 0.1) is 16.7 Å². The number of amides is 1. The van der Waals surface area contributed by atoms with E-state index >= 15 is 0 Å². The number of methoxy groups -OCH3 is 1. The van der Waals surface area contributed by atoms with Gasteiger partial charge in [-0.15, -0.1) is 11.3 Å². The first-order valence-corrected chi connectivity index (χ1v) is 10.9. The molecule has 6 nitrogen and oxygen atoms in total. The summed E-state index contributed by atoms with van der Waals surface area (Å²) >= 11 is 1.41. The van der Waals surface area contributed by atoms with Crippen LogP contribution in [0.5, 0.6) is 0 Å². The summed E-state index contributed by atoms with van der Waals surface area (Å²) in [5.74, 6) is 0.339. The minimum atomic E-state index is -1.29. The molecule has 0 aliphatic heterocycles. The van der Waals surface area contributed by atoms with Crippen molar-refractivity contribution in [2.75, 3.05) is 18.4 Å². The molecule has 0 saturated heterocycles. The van der Waals surface area contributed by atoms with E-state index in [0.29, 0.717) is 16.1 Å². The van der Waals surface area contributed by atoms with E-state index in [9.17, 15) is 9.00 Å². The Labute approximate surface area is 159 Å². The molecule has 2 aromatic rings. The lowest BCUT2D eigenvalue weighted by Gasteiger charge is -2.20. The molecule has 0 radical (unpaired) electrons. The lowest BCUT2D eigenvalue weighted by Crippen LogP contribution is -2.23. The SMILES string of the molecule is COCS(=O)c1ccc(C(CC2CCCC2)C(=O)Nc2nccs2)cn1. The number of hydrogen-bond donors (Lipinski definition) is 1. The fraction of sp³-hybridized carbons (Fsp3) is 0.500. The molecule has 1 saturated carbocycles. The van der Waals surface area contributed by atoms with Crippen LogP contribution in [0.25, 0.3) is 0 Å². The van der Waals surface area contributed by atoms with E-state index in [0.717, 1.165) is 12.0 Å². The number of hydrogen-bond acceptors (Lipinski definition) is 6. The third-order valence-corrected chi connectivity index (χ3v) is 6.49. The summed E-state index contributed by atoms with van der Waals surface area (Å²) in [6.07, 6.45) is 8.96. The molecule has 8 heteroatoms. The molecule has 0 aromatic carbocycles. The van der Waals surface area contributed by atoms with Gasteiger partial charge in [0.2, 0.25) is 5.91 Å². The number of ether oxygens (including phenoxy) is 1. The minimum absolute atomic E-state index is 0.0561. The number of rotatable bonds is 8. The van der Waals surface area contributed by atoms with Crippen molar-refractivity contribution in [3.63, 3.8) is 0 Å². The molecule has 0 spiro atoms. The molecular weight excluding hydrogens is 370 g/mol. The van der Waals surface area contributed by atoms with E-state index in [2.05, 4.69) is 15.3 Å². The summed E-state index contributed by atoms with van der Waals surface area (Å²) in [4.78, 5) is 21.3. The average Bonchev–Trinajstić information content (AvgIpc) is 3.34. The van der Waals surface area contributed by atoms with Crippen LogP contribution in [0.1, 0.15) is 43.6 Å². The third kappa shape index (κ3) is 4.96. The van der Waals surface area contributed by atoms with Gasteiger partial charge in [0.25, 0.3) is 0 Å². The normalized spacial score (nSPS) is 17.1. The zero-order valence-electron chi connectivity index (χ0n) is 14.7. The molecule has 2 aromatic heterocycles. The second kappa shape index (κ2) is 9.34. The molecule has 140 valence electrons. The Morgan fingerprint density at radius 1 is 1.38 bits per heavy atom. The fourth-order valence-corrected chi connectivity index (χ4v) is 4.61. The zero-order valence-corrected chi connectivity index (χ0v) is 16.4. The summed E-state index contributed by atoms with van der Waals surface area (Å²) in [6, 6.07) is 3.58. The van der Waals surface area contributed by atoms with Crippen LogP contribution in [0, 0.1) is 5.92 Å². The van der Waals surface area contributed by atoms with Gasteiger partial charge in [-0.25, -0.2) is 9.97 Å². The first kappa shape index (κ1) is 19.1. The number of aromatic nitrogens is 2. The van der Waals surface area contributed by atoms with Crippen LogP contribution in [-0.2, 0) is 20.3 Å². The minimum Gasteiger partial charge on any atom is -0.371 e. The van der Waals surface area contributed by atoms with E-state index in [-0.39, 0.29) is 17.8 Å². The van der Waals surface area contributed by atoms with Gasteiger partial charge in [-0.3, -0.25) is 9.00 Å². The molecule has 26 heavy (non-hydrogen) atoms. The molecule has 3 rings (SSSR count).